The molecule has 0 unspecified atom stereocenters. The molecule has 2 aromatic rings. The molecule has 2 heterocycles. The summed E-state index contributed by atoms with van der Waals surface area (Å²) in [6, 6.07) is 11.0. The lowest BCUT2D eigenvalue weighted by Crippen LogP contribution is -2.42. The lowest BCUT2D eigenvalue weighted by molar-refractivity contribution is 0.0997. The predicted molar refractivity (Wildman–Crippen MR) is 102 cm³/mol. The van der Waals surface area contributed by atoms with Crippen LogP contribution in [0.1, 0.15) is 59.7 Å². The van der Waals surface area contributed by atoms with Crippen molar-refractivity contribution in [3.8, 4) is 11.5 Å². The van der Waals surface area contributed by atoms with Gasteiger partial charge in [0.05, 0.1) is 13.7 Å². The van der Waals surface area contributed by atoms with E-state index >= 15 is 0 Å². The number of phenolic OH excluding ortho intramolecular Hbond substituents is 1. The highest BCUT2D eigenvalue weighted by Gasteiger charge is 2.38. The fraction of sp³-hybridized carbons (Fsp3) is 0.455. The maximum atomic E-state index is 10.3. The van der Waals surface area contributed by atoms with Gasteiger partial charge in [-0.2, -0.15) is 0 Å². The molecule has 0 saturated heterocycles. The third-order valence-electron chi connectivity index (χ3n) is 5.96. The maximum Gasteiger partial charge on any atom is 0.160 e. The Kier molecular flexibility index (Phi) is 4.63. The van der Waals surface area contributed by atoms with Crippen LogP contribution in [-0.2, 0) is 19.4 Å². The van der Waals surface area contributed by atoms with Crippen LogP contribution >= 0.6 is 0 Å². The van der Waals surface area contributed by atoms with E-state index in [1.165, 1.54) is 22.3 Å². The quantitative estimate of drug-likeness (QED) is 0.876. The highest BCUT2D eigenvalue weighted by Crippen LogP contribution is 2.47. The zero-order valence-electron chi connectivity index (χ0n) is 15.5. The minimum absolute atomic E-state index is 0.0939. The number of aliphatic hydroxyl groups is 1. The van der Waals surface area contributed by atoms with Gasteiger partial charge in [-0.3, -0.25) is 4.90 Å². The average molecular weight is 353 g/mol. The van der Waals surface area contributed by atoms with E-state index in [2.05, 4.69) is 24.0 Å². The Bertz CT molecular complexity index is 817. The number of fused-ring (bicyclic) bond motifs is 4. The van der Waals surface area contributed by atoms with Crippen molar-refractivity contribution in [2.24, 2.45) is 0 Å². The monoisotopic (exact) mass is 353 g/mol. The second-order valence-electron chi connectivity index (χ2n) is 7.43. The Morgan fingerprint density at radius 2 is 2.00 bits per heavy atom. The molecule has 0 bridgehead atoms. The number of hydrogen-bond acceptors (Lipinski definition) is 4. The Balaban J connectivity index is 1.80. The summed E-state index contributed by atoms with van der Waals surface area (Å²) in [4.78, 5) is 2.63. The van der Waals surface area contributed by atoms with E-state index in [4.69, 9.17) is 4.74 Å². The first-order valence-corrected chi connectivity index (χ1v) is 9.54. The van der Waals surface area contributed by atoms with Crippen molar-refractivity contribution in [2.75, 3.05) is 13.7 Å². The number of hydrogen-bond donors (Lipinski definition) is 2. The molecule has 0 spiro atoms. The standard InChI is InChI=1S/C22H27NO3/c1-3-4-19-18-12-22(26-2)21(25)11-16(18)10-20-17-6-5-14(13-24)9-15(17)7-8-23(19)20/h5-6,9,11-12,19-20,24-25H,3-4,7-8,10,13H2,1-2H3/t19-,20+/m1/s1. The molecule has 2 aliphatic heterocycles. The highest BCUT2D eigenvalue weighted by molar-refractivity contribution is 5.50. The summed E-state index contributed by atoms with van der Waals surface area (Å²) in [6.07, 6.45) is 4.14. The number of ether oxygens (including phenoxy) is 1. The van der Waals surface area contributed by atoms with Gasteiger partial charge < -0.3 is 14.9 Å². The first-order chi connectivity index (χ1) is 12.7. The third-order valence-corrected chi connectivity index (χ3v) is 5.96. The van der Waals surface area contributed by atoms with Gasteiger partial charge in [-0.05, 0) is 59.2 Å². The zero-order chi connectivity index (χ0) is 18.3. The van der Waals surface area contributed by atoms with Gasteiger partial charge in [0, 0.05) is 18.6 Å². The fourth-order valence-corrected chi connectivity index (χ4v) is 4.74. The van der Waals surface area contributed by atoms with Gasteiger partial charge in [0.25, 0.3) is 0 Å². The smallest absolute Gasteiger partial charge is 0.160 e. The van der Waals surface area contributed by atoms with Crippen molar-refractivity contribution in [1.29, 1.82) is 0 Å². The molecule has 4 heteroatoms. The number of benzene rings is 2. The van der Waals surface area contributed by atoms with Crippen LogP contribution in [0, 0.1) is 0 Å². The van der Waals surface area contributed by atoms with Crippen LogP contribution in [0.5, 0.6) is 11.5 Å². The highest BCUT2D eigenvalue weighted by atomic mass is 16.5. The first kappa shape index (κ1) is 17.4. The molecule has 2 aromatic carbocycles. The van der Waals surface area contributed by atoms with Crippen molar-refractivity contribution < 1.29 is 14.9 Å². The maximum absolute atomic E-state index is 10.3. The molecular formula is C22H27NO3. The summed E-state index contributed by atoms with van der Waals surface area (Å²) in [6.45, 7) is 3.35. The van der Waals surface area contributed by atoms with Gasteiger partial charge in [0.15, 0.2) is 11.5 Å². The molecule has 0 saturated carbocycles. The molecule has 26 heavy (non-hydrogen) atoms. The number of aromatic hydroxyl groups is 1. The third kappa shape index (κ3) is 2.78. The number of phenols is 1. The van der Waals surface area contributed by atoms with Gasteiger partial charge in [-0.15, -0.1) is 0 Å². The van der Waals surface area contributed by atoms with Gasteiger partial charge in [-0.1, -0.05) is 31.5 Å². The molecular weight excluding hydrogens is 326 g/mol. The van der Waals surface area contributed by atoms with E-state index < -0.39 is 0 Å². The summed E-state index contributed by atoms with van der Waals surface area (Å²) in [5.41, 5.74) is 6.24. The van der Waals surface area contributed by atoms with Gasteiger partial charge in [-0.25, -0.2) is 0 Å². The summed E-state index contributed by atoms with van der Waals surface area (Å²) in [7, 11) is 1.61. The van der Waals surface area contributed by atoms with E-state index in [0.717, 1.165) is 37.8 Å². The summed E-state index contributed by atoms with van der Waals surface area (Å²) < 4.78 is 5.36. The number of rotatable bonds is 4. The average Bonchev–Trinajstić information content (AvgIpc) is 2.66. The number of aliphatic hydroxyl groups excluding tert-OH is 1. The van der Waals surface area contributed by atoms with Crippen molar-refractivity contribution >= 4 is 0 Å². The van der Waals surface area contributed by atoms with Crippen LogP contribution in [0.3, 0.4) is 0 Å². The Morgan fingerprint density at radius 1 is 1.15 bits per heavy atom. The van der Waals surface area contributed by atoms with Crippen LogP contribution in [0.25, 0.3) is 0 Å². The van der Waals surface area contributed by atoms with E-state index in [1.54, 1.807) is 7.11 Å². The second kappa shape index (κ2) is 6.93. The van der Waals surface area contributed by atoms with E-state index in [1.807, 2.05) is 18.2 Å². The van der Waals surface area contributed by atoms with Crippen LogP contribution in [0.2, 0.25) is 0 Å². The predicted octanol–water partition coefficient (Wildman–Crippen LogP) is 3.89. The summed E-state index contributed by atoms with van der Waals surface area (Å²) >= 11 is 0. The normalized spacial score (nSPS) is 21.7. The molecule has 2 aliphatic rings. The largest absolute Gasteiger partial charge is 0.504 e. The lowest BCUT2D eigenvalue weighted by Gasteiger charge is -2.47. The number of nitrogens with zero attached hydrogens (tertiary/aromatic N) is 1. The molecule has 4 rings (SSSR count). The van der Waals surface area contributed by atoms with Crippen molar-refractivity contribution in [1.82, 2.24) is 4.90 Å². The molecule has 2 atom stereocenters. The molecule has 4 nitrogen and oxygen atoms in total. The molecule has 0 fully saturated rings. The molecule has 138 valence electrons. The topological polar surface area (TPSA) is 52.9 Å². The Hall–Kier alpha value is -2.04. The van der Waals surface area contributed by atoms with Crippen molar-refractivity contribution in [2.45, 2.75) is 51.3 Å². The molecule has 0 aliphatic carbocycles. The van der Waals surface area contributed by atoms with Crippen LogP contribution in [-0.4, -0.2) is 28.8 Å². The van der Waals surface area contributed by atoms with Crippen LogP contribution < -0.4 is 4.74 Å². The van der Waals surface area contributed by atoms with E-state index in [0.29, 0.717) is 17.8 Å². The van der Waals surface area contributed by atoms with Gasteiger partial charge in [0.1, 0.15) is 0 Å². The van der Waals surface area contributed by atoms with E-state index in [-0.39, 0.29) is 12.4 Å². The van der Waals surface area contributed by atoms with Crippen molar-refractivity contribution in [3.63, 3.8) is 0 Å². The molecule has 0 radical (unpaired) electrons. The minimum atomic E-state index is 0.0939. The fourth-order valence-electron chi connectivity index (χ4n) is 4.74. The molecule has 2 N–H and O–H groups in total. The van der Waals surface area contributed by atoms with E-state index in [9.17, 15) is 10.2 Å². The molecule has 0 aromatic heterocycles. The minimum Gasteiger partial charge on any atom is -0.504 e. The number of methoxy groups -OCH3 is 1. The van der Waals surface area contributed by atoms with Crippen LogP contribution in [0.4, 0.5) is 0 Å². The SMILES string of the molecule is CCC[C@@H]1c2cc(OC)c(O)cc2C[C@H]2c3ccc(CO)cc3CCN12. The van der Waals surface area contributed by atoms with Gasteiger partial charge >= 0.3 is 0 Å². The molecule has 0 amide bonds. The summed E-state index contributed by atoms with van der Waals surface area (Å²) in [5.74, 6) is 0.787. The zero-order valence-corrected chi connectivity index (χ0v) is 15.5. The van der Waals surface area contributed by atoms with Crippen LogP contribution in [0.15, 0.2) is 30.3 Å². The van der Waals surface area contributed by atoms with Gasteiger partial charge in [0.2, 0.25) is 0 Å². The lowest BCUT2D eigenvalue weighted by atomic mass is 9.79. The Labute approximate surface area is 155 Å². The van der Waals surface area contributed by atoms with Crippen molar-refractivity contribution in [3.05, 3.63) is 58.1 Å². The Morgan fingerprint density at radius 3 is 2.73 bits per heavy atom. The first-order valence-electron chi connectivity index (χ1n) is 9.54. The second-order valence-corrected chi connectivity index (χ2v) is 7.43. The summed E-state index contributed by atoms with van der Waals surface area (Å²) in [5, 5.41) is 19.7.